The summed E-state index contributed by atoms with van der Waals surface area (Å²) in [5.74, 6) is -0.826. The Labute approximate surface area is 318 Å². The molecule has 0 bridgehead atoms. The van der Waals surface area contributed by atoms with Crippen molar-refractivity contribution in [2.75, 3.05) is 20.3 Å². The Bertz CT molecular complexity index is 990. The highest BCUT2D eigenvalue weighted by molar-refractivity contribution is 7.47. The van der Waals surface area contributed by atoms with Gasteiger partial charge in [-0.1, -0.05) is 152 Å². The molecule has 0 aromatic rings. The summed E-state index contributed by atoms with van der Waals surface area (Å²) in [6.45, 7) is 3.80. The normalized spacial score (nSPS) is 13.8. The Hall–Kier alpha value is -1.99. The van der Waals surface area contributed by atoms with E-state index in [0.717, 1.165) is 84.2 Å². The van der Waals surface area contributed by atoms with E-state index >= 15 is 0 Å². The van der Waals surface area contributed by atoms with Crippen LogP contribution >= 0.6 is 7.82 Å². The van der Waals surface area contributed by atoms with Gasteiger partial charge in [-0.2, -0.15) is 0 Å². The van der Waals surface area contributed by atoms with E-state index in [2.05, 4.69) is 67.0 Å². The van der Waals surface area contributed by atoms with Crippen LogP contribution < -0.4 is 0 Å². The van der Waals surface area contributed by atoms with Crippen molar-refractivity contribution in [2.24, 2.45) is 0 Å². The molecule has 302 valence electrons. The van der Waals surface area contributed by atoms with Crippen LogP contribution in [0.15, 0.2) is 48.6 Å². The monoisotopic (exact) mass is 753 g/mol. The summed E-state index contributed by atoms with van der Waals surface area (Å²) in [6.07, 6.45) is 45.8. The van der Waals surface area contributed by atoms with Gasteiger partial charge in [0.25, 0.3) is 0 Å². The molecule has 2 unspecified atom stereocenters. The van der Waals surface area contributed by atoms with Gasteiger partial charge < -0.3 is 14.4 Å². The molecule has 0 aliphatic heterocycles. The van der Waals surface area contributed by atoms with Crippen LogP contribution in [0.5, 0.6) is 0 Å². The molecule has 0 spiro atoms. The van der Waals surface area contributed by atoms with Crippen LogP contribution in [0.4, 0.5) is 0 Å². The van der Waals surface area contributed by atoms with Crippen LogP contribution in [-0.4, -0.2) is 43.3 Å². The van der Waals surface area contributed by atoms with Crippen molar-refractivity contribution in [3.8, 4) is 0 Å². The maximum atomic E-state index is 12.5. The molecule has 0 fully saturated rings. The SMILES string of the molecule is CCCC/C=C\C/C=C\CCCCCCCC(=O)OCC(COP(=O)(O)OC)OC(=O)CCCCCCCCCCC/C=C\C/C=C\CCCCC. The van der Waals surface area contributed by atoms with Gasteiger partial charge in [-0.15, -0.1) is 0 Å². The van der Waals surface area contributed by atoms with Crippen molar-refractivity contribution in [3.63, 3.8) is 0 Å². The second-order valence-corrected chi connectivity index (χ2v) is 15.3. The summed E-state index contributed by atoms with van der Waals surface area (Å²) in [5, 5.41) is 0. The highest BCUT2D eigenvalue weighted by Gasteiger charge is 2.24. The predicted molar refractivity (Wildman–Crippen MR) is 216 cm³/mol. The molecule has 0 heterocycles. The molecule has 0 aliphatic carbocycles. The van der Waals surface area contributed by atoms with Gasteiger partial charge in [0.15, 0.2) is 6.10 Å². The summed E-state index contributed by atoms with van der Waals surface area (Å²) in [6, 6.07) is 0. The van der Waals surface area contributed by atoms with E-state index in [0.29, 0.717) is 6.42 Å². The highest BCUT2D eigenvalue weighted by atomic mass is 31.2. The first-order valence-corrected chi connectivity index (χ1v) is 22.3. The second kappa shape index (κ2) is 38.7. The van der Waals surface area contributed by atoms with E-state index in [1.165, 1.54) is 77.0 Å². The Balaban J connectivity index is 4.03. The minimum atomic E-state index is -4.26. The lowest BCUT2D eigenvalue weighted by molar-refractivity contribution is -0.161. The Morgan fingerprint density at radius 1 is 0.538 bits per heavy atom. The third-order valence-electron chi connectivity index (χ3n) is 8.80. The third-order valence-corrected chi connectivity index (χ3v) is 9.73. The van der Waals surface area contributed by atoms with E-state index in [1.54, 1.807) is 0 Å². The zero-order valence-corrected chi connectivity index (χ0v) is 34.3. The van der Waals surface area contributed by atoms with Gasteiger partial charge in [0.2, 0.25) is 0 Å². The Kier molecular flexibility index (Phi) is 37.2. The molecule has 8 nitrogen and oxygen atoms in total. The number of esters is 2. The van der Waals surface area contributed by atoms with Crippen LogP contribution in [0, 0.1) is 0 Å². The first kappa shape index (κ1) is 50.0. The smallest absolute Gasteiger partial charge is 0.462 e. The molecule has 9 heteroatoms. The molecular formula is C43H77O8P. The average Bonchev–Trinajstić information content (AvgIpc) is 3.13. The van der Waals surface area contributed by atoms with Gasteiger partial charge in [-0.05, 0) is 70.6 Å². The quantitative estimate of drug-likeness (QED) is 0.0287. The number of rotatable bonds is 38. The van der Waals surface area contributed by atoms with Crippen molar-refractivity contribution >= 4 is 19.8 Å². The molecule has 0 saturated carbocycles. The van der Waals surface area contributed by atoms with Crippen LogP contribution in [0.3, 0.4) is 0 Å². The fourth-order valence-corrected chi connectivity index (χ4v) is 5.99. The number of ether oxygens (including phenoxy) is 2. The van der Waals surface area contributed by atoms with Crippen LogP contribution in [0.2, 0.25) is 0 Å². The molecule has 0 amide bonds. The molecule has 1 N–H and O–H groups in total. The summed E-state index contributed by atoms with van der Waals surface area (Å²) in [7, 11) is -3.21. The van der Waals surface area contributed by atoms with Crippen LogP contribution in [0.25, 0.3) is 0 Å². The molecule has 0 rings (SSSR count). The lowest BCUT2D eigenvalue weighted by Crippen LogP contribution is -2.29. The second-order valence-electron chi connectivity index (χ2n) is 13.8. The lowest BCUT2D eigenvalue weighted by atomic mass is 10.1. The summed E-state index contributed by atoms with van der Waals surface area (Å²) in [4.78, 5) is 34.4. The highest BCUT2D eigenvalue weighted by Crippen LogP contribution is 2.42. The number of allylic oxidation sites excluding steroid dienone is 8. The largest absolute Gasteiger partial charge is 0.472 e. The topological polar surface area (TPSA) is 108 Å². The van der Waals surface area contributed by atoms with Gasteiger partial charge in [0, 0.05) is 20.0 Å². The van der Waals surface area contributed by atoms with Gasteiger partial charge in [-0.25, -0.2) is 4.57 Å². The van der Waals surface area contributed by atoms with Gasteiger partial charge in [0.05, 0.1) is 6.61 Å². The average molecular weight is 753 g/mol. The van der Waals surface area contributed by atoms with E-state index in [-0.39, 0.29) is 25.4 Å². The first-order valence-electron chi connectivity index (χ1n) is 20.8. The minimum Gasteiger partial charge on any atom is -0.462 e. The number of hydrogen-bond acceptors (Lipinski definition) is 7. The zero-order valence-electron chi connectivity index (χ0n) is 33.5. The first-order chi connectivity index (χ1) is 25.3. The molecule has 2 atom stereocenters. The Morgan fingerprint density at radius 2 is 0.942 bits per heavy atom. The molecule has 0 aromatic carbocycles. The fourth-order valence-electron chi connectivity index (χ4n) is 5.53. The minimum absolute atomic E-state index is 0.235. The zero-order chi connectivity index (χ0) is 38.2. The summed E-state index contributed by atoms with van der Waals surface area (Å²) >= 11 is 0. The maximum Gasteiger partial charge on any atom is 0.472 e. The lowest BCUT2D eigenvalue weighted by Gasteiger charge is -2.19. The van der Waals surface area contributed by atoms with Crippen molar-refractivity contribution < 1.29 is 37.6 Å². The van der Waals surface area contributed by atoms with E-state index in [4.69, 9.17) is 14.0 Å². The summed E-state index contributed by atoms with van der Waals surface area (Å²) < 4.78 is 31.9. The van der Waals surface area contributed by atoms with Crippen molar-refractivity contribution in [1.29, 1.82) is 0 Å². The van der Waals surface area contributed by atoms with Gasteiger partial charge >= 0.3 is 19.8 Å². The van der Waals surface area contributed by atoms with Crippen molar-refractivity contribution in [2.45, 2.75) is 193 Å². The van der Waals surface area contributed by atoms with Gasteiger partial charge in [-0.3, -0.25) is 18.6 Å². The molecule has 0 aromatic heterocycles. The molecular weight excluding hydrogens is 675 g/mol. The number of hydrogen-bond donors (Lipinski definition) is 1. The fraction of sp³-hybridized carbons (Fsp3) is 0.767. The number of carbonyl (C=O) groups is 2. The standard InChI is InChI=1S/C43H77O8P/c1-4-6-8-10-12-14-16-18-20-21-22-23-24-26-28-30-32-34-36-38-43(45)51-41(40-50-52(46,47)48-3)39-49-42(44)37-35-33-31-29-27-25-19-17-15-13-11-9-7-5-2/h11-14,17-20,41H,4-10,15-16,21-40H2,1-3H3,(H,46,47)/b13-11-,14-12-,19-17-,20-18-. The number of unbranched alkanes of at least 4 members (excludes halogenated alkanes) is 19. The van der Waals surface area contributed by atoms with Gasteiger partial charge in [0.1, 0.15) is 6.61 Å². The number of phosphoric acid groups is 1. The summed E-state index contributed by atoms with van der Waals surface area (Å²) in [5.41, 5.74) is 0. The van der Waals surface area contributed by atoms with Crippen molar-refractivity contribution in [1.82, 2.24) is 0 Å². The van der Waals surface area contributed by atoms with Crippen molar-refractivity contribution in [3.05, 3.63) is 48.6 Å². The molecule has 0 aliphatic rings. The third kappa shape index (κ3) is 37.8. The molecule has 0 radical (unpaired) electrons. The maximum absolute atomic E-state index is 12.5. The van der Waals surface area contributed by atoms with E-state index < -0.39 is 26.5 Å². The molecule has 0 saturated heterocycles. The number of carbonyl (C=O) groups excluding carboxylic acids is 2. The van der Waals surface area contributed by atoms with E-state index in [9.17, 15) is 19.0 Å². The van der Waals surface area contributed by atoms with Crippen LogP contribution in [0.1, 0.15) is 187 Å². The van der Waals surface area contributed by atoms with E-state index in [1.807, 2.05) is 0 Å². The van der Waals surface area contributed by atoms with Crippen LogP contribution in [-0.2, 0) is 32.7 Å². The Morgan fingerprint density at radius 3 is 1.40 bits per heavy atom. The molecule has 52 heavy (non-hydrogen) atoms. The predicted octanol–water partition coefficient (Wildman–Crippen LogP) is 13.0. The number of phosphoric ester groups is 1.